The fourth-order valence-corrected chi connectivity index (χ4v) is 2.83. The van der Waals surface area contributed by atoms with Crippen molar-refractivity contribution in [1.29, 1.82) is 0 Å². The lowest BCUT2D eigenvalue weighted by Gasteiger charge is -2.39. The van der Waals surface area contributed by atoms with Gasteiger partial charge in [-0.05, 0) is 11.5 Å². The molecule has 1 N–H and O–H groups in total. The van der Waals surface area contributed by atoms with Crippen molar-refractivity contribution in [3.8, 4) is 0 Å². The van der Waals surface area contributed by atoms with Gasteiger partial charge in [0.2, 0.25) is 0 Å². The first-order chi connectivity index (χ1) is 11.6. The second kappa shape index (κ2) is 6.97. The maximum Gasteiger partial charge on any atom is 0.279 e. The summed E-state index contributed by atoms with van der Waals surface area (Å²) in [5, 5.41) is 0. The van der Waals surface area contributed by atoms with Crippen molar-refractivity contribution in [1.82, 2.24) is 14.9 Å². The Hall–Kier alpha value is -2.47. The highest BCUT2D eigenvalue weighted by Crippen LogP contribution is 2.28. The third kappa shape index (κ3) is 3.38. The number of H-pyrrole nitrogens is 1. The summed E-state index contributed by atoms with van der Waals surface area (Å²) in [5.74, 6) is -0.0967. The van der Waals surface area contributed by atoms with E-state index in [4.69, 9.17) is 4.74 Å². The van der Waals surface area contributed by atoms with Gasteiger partial charge in [-0.3, -0.25) is 9.59 Å². The van der Waals surface area contributed by atoms with Crippen molar-refractivity contribution < 1.29 is 9.53 Å². The van der Waals surface area contributed by atoms with Crippen molar-refractivity contribution in [2.75, 3.05) is 13.1 Å². The molecule has 2 atom stereocenters. The number of hydrogen-bond donors (Lipinski definition) is 1. The van der Waals surface area contributed by atoms with Crippen LogP contribution in [0, 0.1) is 5.92 Å². The number of aromatic nitrogens is 2. The number of nitrogens with zero attached hydrogens (tertiary/aromatic N) is 2. The summed E-state index contributed by atoms with van der Waals surface area (Å²) < 4.78 is 6.18. The lowest BCUT2D eigenvalue weighted by Crippen LogP contribution is -2.49. The third-order valence-corrected chi connectivity index (χ3v) is 4.24. The van der Waals surface area contributed by atoms with E-state index in [1.165, 1.54) is 12.4 Å². The average Bonchev–Trinajstić information content (AvgIpc) is 2.62. The molecule has 1 aromatic heterocycles. The predicted octanol–water partition coefficient (Wildman–Crippen LogP) is 2.01. The molecule has 1 aliphatic rings. The molecule has 2 aromatic rings. The van der Waals surface area contributed by atoms with Gasteiger partial charge in [0, 0.05) is 18.9 Å². The molecule has 2 heterocycles. The number of aromatic amines is 1. The van der Waals surface area contributed by atoms with Gasteiger partial charge in [0.1, 0.15) is 6.10 Å². The maximum atomic E-state index is 12.8. The molecular formula is C18H21N3O3. The standard InChI is InChI=1S/C18H21N3O3/c1-12(2)14-10-21(18(23)16-17(22)20-9-8-19-16)11-15(24-14)13-6-4-3-5-7-13/h3-9,12,14-15H,10-11H2,1-2H3,(H,20,22)/t14-,15+/m1/s1. The zero-order valence-corrected chi connectivity index (χ0v) is 13.8. The summed E-state index contributed by atoms with van der Waals surface area (Å²) in [6, 6.07) is 9.83. The van der Waals surface area contributed by atoms with E-state index in [1.54, 1.807) is 4.90 Å². The topological polar surface area (TPSA) is 75.3 Å². The zero-order valence-electron chi connectivity index (χ0n) is 13.8. The molecule has 1 saturated heterocycles. The highest BCUT2D eigenvalue weighted by molar-refractivity contribution is 5.92. The van der Waals surface area contributed by atoms with Gasteiger partial charge < -0.3 is 14.6 Å². The molecule has 0 bridgehead atoms. The van der Waals surface area contributed by atoms with Crippen LogP contribution in [-0.2, 0) is 4.74 Å². The lowest BCUT2D eigenvalue weighted by atomic mass is 10.0. The molecule has 126 valence electrons. The number of carbonyl (C=O) groups is 1. The van der Waals surface area contributed by atoms with E-state index in [-0.39, 0.29) is 29.7 Å². The number of rotatable bonds is 3. The van der Waals surface area contributed by atoms with Gasteiger partial charge in [-0.2, -0.15) is 0 Å². The van der Waals surface area contributed by atoms with Crippen molar-refractivity contribution in [2.24, 2.45) is 5.92 Å². The van der Waals surface area contributed by atoms with Crippen LogP contribution in [0.4, 0.5) is 0 Å². The highest BCUT2D eigenvalue weighted by atomic mass is 16.5. The molecule has 1 aromatic carbocycles. The van der Waals surface area contributed by atoms with Gasteiger partial charge in [-0.25, -0.2) is 4.98 Å². The fraction of sp³-hybridized carbons (Fsp3) is 0.389. The Morgan fingerprint density at radius 3 is 2.71 bits per heavy atom. The summed E-state index contributed by atoms with van der Waals surface area (Å²) >= 11 is 0. The number of hydrogen-bond acceptors (Lipinski definition) is 4. The van der Waals surface area contributed by atoms with E-state index in [1.807, 2.05) is 30.3 Å². The minimum absolute atomic E-state index is 0.0753. The first-order valence-corrected chi connectivity index (χ1v) is 8.09. The SMILES string of the molecule is CC(C)[C@H]1CN(C(=O)c2ncc[nH]c2=O)C[C@@H](c2ccccc2)O1. The van der Waals surface area contributed by atoms with Crippen LogP contribution in [0.15, 0.2) is 47.5 Å². The Morgan fingerprint density at radius 1 is 1.29 bits per heavy atom. The van der Waals surface area contributed by atoms with Gasteiger partial charge >= 0.3 is 0 Å². The molecule has 0 saturated carbocycles. The Morgan fingerprint density at radius 2 is 2.04 bits per heavy atom. The van der Waals surface area contributed by atoms with E-state index < -0.39 is 5.56 Å². The number of nitrogens with one attached hydrogen (secondary N) is 1. The lowest BCUT2D eigenvalue weighted by molar-refractivity contribution is -0.0955. The van der Waals surface area contributed by atoms with E-state index in [0.29, 0.717) is 13.1 Å². The Balaban J connectivity index is 1.88. The van der Waals surface area contributed by atoms with Crippen LogP contribution < -0.4 is 5.56 Å². The normalized spacial score (nSPS) is 21.0. The van der Waals surface area contributed by atoms with E-state index in [0.717, 1.165) is 5.56 Å². The average molecular weight is 327 g/mol. The molecular weight excluding hydrogens is 306 g/mol. The third-order valence-electron chi connectivity index (χ3n) is 4.24. The van der Waals surface area contributed by atoms with Crippen molar-refractivity contribution in [2.45, 2.75) is 26.1 Å². The molecule has 24 heavy (non-hydrogen) atoms. The van der Waals surface area contributed by atoms with Crippen LogP contribution in [0.5, 0.6) is 0 Å². The Bertz CT molecular complexity index is 757. The van der Waals surface area contributed by atoms with Gasteiger partial charge in [-0.15, -0.1) is 0 Å². The predicted molar refractivity (Wildman–Crippen MR) is 89.7 cm³/mol. The minimum atomic E-state index is -0.466. The van der Waals surface area contributed by atoms with Crippen LogP contribution in [0.2, 0.25) is 0 Å². The number of ether oxygens (including phenoxy) is 1. The smallest absolute Gasteiger partial charge is 0.279 e. The summed E-state index contributed by atoms with van der Waals surface area (Å²) in [7, 11) is 0. The van der Waals surface area contributed by atoms with E-state index in [2.05, 4.69) is 23.8 Å². The van der Waals surface area contributed by atoms with Crippen molar-refractivity contribution in [3.05, 3.63) is 64.3 Å². The largest absolute Gasteiger partial charge is 0.366 e. The first kappa shape index (κ1) is 16.4. The summed E-state index contributed by atoms with van der Waals surface area (Å²) in [6.07, 6.45) is 2.54. The van der Waals surface area contributed by atoms with Crippen LogP contribution >= 0.6 is 0 Å². The summed E-state index contributed by atoms with van der Waals surface area (Å²) in [6.45, 7) is 4.99. The fourth-order valence-electron chi connectivity index (χ4n) is 2.83. The van der Waals surface area contributed by atoms with Crippen molar-refractivity contribution >= 4 is 5.91 Å². The zero-order chi connectivity index (χ0) is 17.1. The molecule has 0 unspecified atom stereocenters. The number of benzene rings is 1. The van der Waals surface area contributed by atoms with Crippen molar-refractivity contribution in [3.63, 3.8) is 0 Å². The van der Waals surface area contributed by atoms with Gasteiger partial charge in [-0.1, -0.05) is 44.2 Å². The monoisotopic (exact) mass is 327 g/mol. The molecule has 1 amide bonds. The number of carbonyl (C=O) groups excluding carboxylic acids is 1. The number of amides is 1. The second-order valence-electron chi connectivity index (χ2n) is 6.29. The van der Waals surface area contributed by atoms with Crippen LogP contribution in [0.3, 0.4) is 0 Å². The summed E-state index contributed by atoms with van der Waals surface area (Å²) in [5.41, 5.74) is 0.482. The van der Waals surface area contributed by atoms with Crippen LogP contribution in [0.1, 0.15) is 36.0 Å². The number of morpholine rings is 1. The first-order valence-electron chi connectivity index (χ1n) is 8.09. The summed E-state index contributed by atoms with van der Waals surface area (Å²) in [4.78, 5) is 32.7. The molecule has 1 fully saturated rings. The van der Waals surface area contributed by atoms with Gasteiger partial charge in [0.05, 0.1) is 12.6 Å². The molecule has 1 aliphatic heterocycles. The molecule has 3 rings (SSSR count). The Labute approximate surface area is 140 Å². The molecule has 0 radical (unpaired) electrons. The molecule has 0 spiro atoms. The Kier molecular flexibility index (Phi) is 4.76. The maximum absolute atomic E-state index is 12.8. The second-order valence-corrected chi connectivity index (χ2v) is 6.29. The highest BCUT2D eigenvalue weighted by Gasteiger charge is 2.34. The van der Waals surface area contributed by atoms with Crippen LogP contribution in [-0.4, -0.2) is 40.0 Å². The van der Waals surface area contributed by atoms with Gasteiger partial charge in [0.25, 0.3) is 11.5 Å². The molecule has 6 heteroatoms. The quantitative estimate of drug-likeness (QED) is 0.936. The van der Waals surface area contributed by atoms with E-state index >= 15 is 0 Å². The van der Waals surface area contributed by atoms with E-state index in [9.17, 15) is 9.59 Å². The minimum Gasteiger partial charge on any atom is -0.366 e. The molecule has 0 aliphatic carbocycles. The van der Waals surface area contributed by atoms with Gasteiger partial charge in [0.15, 0.2) is 5.69 Å². The molecule has 6 nitrogen and oxygen atoms in total. The van der Waals surface area contributed by atoms with Crippen LogP contribution in [0.25, 0.3) is 0 Å².